The Morgan fingerprint density at radius 1 is 1.06 bits per heavy atom. The highest BCUT2D eigenvalue weighted by atomic mass is 16.2. The first-order valence-corrected chi connectivity index (χ1v) is 10.3. The van der Waals surface area contributed by atoms with Crippen LogP contribution in [0.1, 0.15) is 22.3 Å². The Kier molecular flexibility index (Phi) is 7.42. The molecule has 4 amide bonds. The standard InChI is InChI=1S/C22H28N6O3/c1-16-15-17(21(30)23-2)6-7-18(16)26-22(31)25-10-8-20(29)28-13-11-27(12-14-28)19-5-3-4-9-24-19/h3-7,9,15H,8,10-14H2,1-2H3,(H,23,30)(H2,25,26,31). The molecule has 1 aromatic carbocycles. The van der Waals surface area contributed by atoms with Crippen molar-refractivity contribution in [3.63, 3.8) is 0 Å². The average Bonchev–Trinajstić information content (AvgIpc) is 2.80. The second-order valence-electron chi connectivity index (χ2n) is 7.30. The van der Waals surface area contributed by atoms with Crippen molar-refractivity contribution in [3.05, 3.63) is 53.7 Å². The van der Waals surface area contributed by atoms with Gasteiger partial charge in [-0.05, 0) is 42.8 Å². The molecule has 2 aromatic rings. The number of hydrogen-bond donors (Lipinski definition) is 3. The van der Waals surface area contributed by atoms with Crippen LogP contribution in [0.15, 0.2) is 42.6 Å². The van der Waals surface area contributed by atoms with E-state index in [-0.39, 0.29) is 30.8 Å². The number of pyridine rings is 1. The van der Waals surface area contributed by atoms with Crippen LogP contribution in [0.2, 0.25) is 0 Å². The molecule has 0 bridgehead atoms. The van der Waals surface area contributed by atoms with Crippen LogP contribution in [0.3, 0.4) is 0 Å². The summed E-state index contributed by atoms with van der Waals surface area (Å²) in [6, 6.07) is 10.5. The van der Waals surface area contributed by atoms with E-state index in [1.807, 2.05) is 30.0 Å². The maximum absolute atomic E-state index is 12.4. The number of aryl methyl sites for hydroxylation is 1. The minimum absolute atomic E-state index is 0.0204. The second-order valence-corrected chi connectivity index (χ2v) is 7.30. The molecule has 1 aromatic heterocycles. The van der Waals surface area contributed by atoms with E-state index in [9.17, 15) is 14.4 Å². The van der Waals surface area contributed by atoms with E-state index in [4.69, 9.17) is 0 Å². The molecular weight excluding hydrogens is 396 g/mol. The summed E-state index contributed by atoms with van der Waals surface area (Å²) in [5.74, 6) is 0.761. The van der Waals surface area contributed by atoms with Gasteiger partial charge in [0.1, 0.15) is 5.82 Å². The number of urea groups is 1. The molecule has 0 unspecified atom stereocenters. The topological polar surface area (TPSA) is 107 Å². The highest BCUT2D eigenvalue weighted by molar-refractivity contribution is 5.96. The van der Waals surface area contributed by atoms with Crippen molar-refractivity contribution < 1.29 is 14.4 Å². The van der Waals surface area contributed by atoms with E-state index in [2.05, 4.69) is 25.8 Å². The van der Waals surface area contributed by atoms with Crippen molar-refractivity contribution in [1.29, 1.82) is 0 Å². The van der Waals surface area contributed by atoms with Gasteiger partial charge in [0.2, 0.25) is 5.91 Å². The largest absolute Gasteiger partial charge is 0.355 e. The number of carbonyl (C=O) groups is 3. The minimum atomic E-state index is -0.386. The number of amides is 4. The molecule has 3 rings (SSSR count). The Hall–Kier alpha value is -3.62. The quantitative estimate of drug-likeness (QED) is 0.653. The lowest BCUT2D eigenvalue weighted by atomic mass is 10.1. The number of rotatable bonds is 6. The fourth-order valence-corrected chi connectivity index (χ4v) is 3.42. The molecule has 0 saturated carbocycles. The van der Waals surface area contributed by atoms with Crippen molar-refractivity contribution in [2.75, 3.05) is 50.0 Å². The molecule has 2 heterocycles. The molecule has 164 valence electrons. The Morgan fingerprint density at radius 3 is 2.48 bits per heavy atom. The highest BCUT2D eigenvalue weighted by Crippen LogP contribution is 2.16. The molecule has 3 N–H and O–H groups in total. The second kappa shape index (κ2) is 10.4. The van der Waals surface area contributed by atoms with Crippen LogP contribution in [0.5, 0.6) is 0 Å². The summed E-state index contributed by atoms with van der Waals surface area (Å²) in [6.07, 6.45) is 2.01. The van der Waals surface area contributed by atoms with Crippen LogP contribution in [0.4, 0.5) is 16.3 Å². The number of nitrogens with zero attached hydrogens (tertiary/aromatic N) is 3. The SMILES string of the molecule is CNC(=O)c1ccc(NC(=O)NCCC(=O)N2CCN(c3ccccn3)CC2)c(C)c1. The summed E-state index contributed by atoms with van der Waals surface area (Å²) in [6.45, 7) is 4.82. The molecule has 31 heavy (non-hydrogen) atoms. The van der Waals surface area contributed by atoms with Crippen LogP contribution < -0.4 is 20.9 Å². The zero-order chi connectivity index (χ0) is 22.2. The lowest BCUT2D eigenvalue weighted by Crippen LogP contribution is -2.49. The van der Waals surface area contributed by atoms with E-state index >= 15 is 0 Å². The van der Waals surface area contributed by atoms with E-state index in [0.29, 0.717) is 24.3 Å². The first kappa shape index (κ1) is 22.1. The van der Waals surface area contributed by atoms with E-state index in [0.717, 1.165) is 24.5 Å². The van der Waals surface area contributed by atoms with E-state index in [1.54, 1.807) is 31.4 Å². The van der Waals surface area contributed by atoms with Gasteiger partial charge >= 0.3 is 6.03 Å². The molecule has 1 aliphatic heterocycles. The molecule has 1 saturated heterocycles. The smallest absolute Gasteiger partial charge is 0.319 e. The normalized spacial score (nSPS) is 13.5. The molecular formula is C22H28N6O3. The minimum Gasteiger partial charge on any atom is -0.355 e. The summed E-state index contributed by atoms with van der Waals surface area (Å²) in [5, 5.41) is 8.03. The number of hydrogen-bond acceptors (Lipinski definition) is 5. The summed E-state index contributed by atoms with van der Waals surface area (Å²) in [7, 11) is 1.57. The lowest BCUT2D eigenvalue weighted by molar-refractivity contribution is -0.131. The van der Waals surface area contributed by atoms with Crippen molar-refractivity contribution in [2.24, 2.45) is 0 Å². The number of carbonyl (C=O) groups excluding carboxylic acids is 3. The third-order valence-corrected chi connectivity index (χ3v) is 5.19. The average molecular weight is 425 g/mol. The predicted molar refractivity (Wildman–Crippen MR) is 119 cm³/mol. The van der Waals surface area contributed by atoms with Gasteiger partial charge in [0.25, 0.3) is 5.91 Å². The zero-order valence-corrected chi connectivity index (χ0v) is 17.9. The van der Waals surface area contributed by atoms with Gasteiger partial charge in [0, 0.05) is 63.6 Å². The third kappa shape index (κ3) is 5.94. The molecule has 0 atom stereocenters. The van der Waals surface area contributed by atoms with Crippen LogP contribution >= 0.6 is 0 Å². The van der Waals surface area contributed by atoms with E-state index in [1.165, 1.54) is 0 Å². The van der Waals surface area contributed by atoms with Gasteiger partial charge in [0.15, 0.2) is 0 Å². The number of aromatic nitrogens is 1. The Morgan fingerprint density at radius 2 is 1.84 bits per heavy atom. The Bertz CT molecular complexity index is 926. The number of piperazine rings is 1. The zero-order valence-electron chi connectivity index (χ0n) is 17.9. The maximum atomic E-state index is 12.4. The molecule has 1 aliphatic rings. The van der Waals surface area contributed by atoms with Crippen LogP contribution in [-0.4, -0.2) is 67.5 Å². The molecule has 0 aliphatic carbocycles. The van der Waals surface area contributed by atoms with E-state index < -0.39 is 0 Å². The molecule has 0 radical (unpaired) electrons. The van der Waals surface area contributed by atoms with Gasteiger partial charge < -0.3 is 25.8 Å². The van der Waals surface area contributed by atoms with Gasteiger partial charge in [-0.2, -0.15) is 0 Å². The van der Waals surface area contributed by atoms with Crippen LogP contribution in [0.25, 0.3) is 0 Å². The molecule has 1 fully saturated rings. The maximum Gasteiger partial charge on any atom is 0.319 e. The summed E-state index contributed by atoms with van der Waals surface area (Å²) in [4.78, 5) is 44.6. The van der Waals surface area contributed by atoms with Gasteiger partial charge in [-0.3, -0.25) is 9.59 Å². The first-order chi connectivity index (χ1) is 15.0. The van der Waals surface area contributed by atoms with Crippen LogP contribution in [0, 0.1) is 6.92 Å². The van der Waals surface area contributed by atoms with Gasteiger partial charge in [-0.15, -0.1) is 0 Å². The number of benzene rings is 1. The predicted octanol–water partition coefficient (Wildman–Crippen LogP) is 1.61. The highest BCUT2D eigenvalue weighted by Gasteiger charge is 2.21. The lowest BCUT2D eigenvalue weighted by Gasteiger charge is -2.35. The summed E-state index contributed by atoms with van der Waals surface area (Å²) < 4.78 is 0. The van der Waals surface area contributed by atoms with Gasteiger partial charge in [-0.25, -0.2) is 9.78 Å². The van der Waals surface area contributed by atoms with Crippen LogP contribution in [-0.2, 0) is 4.79 Å². The Balaban J connectivity index is 1.39. The molecule has 0 spiro atoms. The summed E-state index contributed by atoms with van der Waals surface area (Å²) >= 11 is 0. The summed E-state index contributed by atoms with van der Waals surface area (Å²) in [5.41, 5.74) is 1.92. The van der Waals surface area contributed by atoms with Gasteiger partial charge in [0.05, 0.1) is 0 Å². The third-order valence-electron chi connectivity index (χ3n) is 5.19. The molecule has 9 nitrogen and oxygen atoms in total. The van der Waals surface area contributed by atoms with Crippen molar-refractivity contribution in [2.45, 2.75) is 13.3 Å². The monoisotopic (exact) mass is 424 g/mol. The van der Waals surface area contributed by atoms with Gasteiger partial charge in [-0.1, -0.05) is 6.07 Å². The Labute approximate surface area is 181 Å². The fraction of sp³-hybridized carbons (Fsp3) is 0.364. The van der Waals surface area contributed by atoms with Crippen molar-refractivity contribution in [3.8, 4) is 0 Å². The van der Waals surface area contributed by atoms with Crippen molar-refractivity contribution >= 4 is 29.4 Å². The molecule has 9 heteroatoms. The first-order valence-electron chi connectivity index (χ1n) is 10.3. The number of nitrogens with one attached hydrogen (secondary N) is 3. The number of anilines is 2. The fourth-order valence-electron chi connectivity index (χ4n) is 3.42. The van der Waals surface area contributed by atoms with Crippen molar-refractivity contribution in [1.82, 2.24) is 20.5 Å².